The third-order valence-electron chi connectivity index (χ3n) is 5.00. The molecule has 29 heavy (non-hydrogen) atoms. The number of piperidine rings is 1. The number of amides is 2. The van der Waals surface area contributed by atoms with Gasteiger partial charge in [-0.2, -0.15) is 0 Å². The number of halogens is 1. The molecule has 2 N–H and O–H groups in total. The molecule has 1 heterocycles. The van der Waals surface area contributed by atoms with Crippen LogP contribution in [0, 0.1) is 11.7 Å². The molecule has 2 amide bonds. The molecule has 7 nitrogen and oxygen atoms in total. The van der Waals surface area contributed by atoms with Crippen molar-refractivity contribution >= 4 is 21.8 Å². The van der Waals surface area contributed by atoms with Crippen molar-refractivity contribution in [2.75, 3.05) is 31.9 Å². The van der Waals surface area contributed by atoms with Gasteiger partial charge in [0.2, 0.25) is 21.8 Å². The fourth-order valence-electron chi connectivity index (χ4n) is 3.23. The maximum absolute atomic E-state index is 12.9. The first-order valence-corrected chi connectivity index (χ1v) is 11.7. The third-order valence-corrected chi connectivity index (χ3v) is 6.95. The van der Waals surface area contributed by atoms with Gasteiger partial charge in [-0.3, -0.25) is 9.59 Å². The predicted molar refractivity (Wildman–Crippen MR) is 109 cm³/mol. The first-order chi connectivity index (χ1) is 13.8. The average Bonchev–Trinajstić information content (AvgIpc) is 2.71. The lowest BCUT2D eigenvalue weighted by Crippen LogP contribution is -2.44. The molecular weight excluding hydrogens is 397 g/mol. The molecule has 0 radical (unpaired) electrons. The molecule has 0 bridgehead atoms. The van der Waals surface area contributed by atoms with Gasteiger partial charge in [0, 0.05) is 32.1 Å². The van der Waals surface area contributed by atoms with Crippen LogP contribution in [0.15, 0.2) is 24.3 Å². The van der Waals surface area contributed by atoms with Crippen molar-refractivity contribution in [3.05, 3.63) is 35.6 Å². The Morgan fingerprint density at radius 1 is 1.10 bits per heavy atom. The van der Waals surface area contributed by atoms with Gasteiger partial charge in [-0.1, -0.05) is 25.5 Å². The number of nitrogens with one attached hydrogen (secondary N) is 2. The van der Waals surface area contributed by atoms with Gasteiger partial charge < -0.3 is 10.6 Å². The molecule has 1 aromatic carbocycles. The van der Waals surface area contributed by atoms with Crippen LogP contribution in [0.2, 0.25) is 0 Å². The van der Waals surface area contributed by atoms with Crippen molar-refractivity contribution in [1.29, 1.82) is 0 Å². The highest BCUT2D eigenvalue weighted by atomic mass is 32.2. The molecule has 0 unspecified atom stereocenters. The average molecular weight is 428 g/mol. The van der Waals surface area contributed by atoms with Crippen molar-refractivity contribution in [2.45, 2.75) is 39.0 Å². The molecule has 0 aliphatic carbocycles. The minimum absolute atomic E-state index is 0.108. The van der Waals surface area contributed by atoms with E-state index >= 15 is 0 Å². The van der Waals surface area contributed by atoms with E-state index in [0.29, 0.717) is 51.0 Å². The van der Waals surface area contributed by atoms with E-state index in [0.717, 1.165) is 6.42 Å². The number of nitrogens with zero attached hydrogens (tertiary/aromatic N) is 1. The molecule has 1 aliphatic heterocycles. The molecule has 0 aromatic heterocycles. The van der Waals surface area contributed by atoms with Crippen molar-refractivity contribution in [3.8, 4) is 0 Å². The van der Waals surface area contributed by atoms with Crippen molar-refractivity contribution in [1.82, 2.24) is 14.9 Å². The lowest BCUT2D eigenvalue weighted by molar-refractivity contribution is -0.126. The Morgan fingerprint density at radius 3 is 2.34 bits per heavy atom. The van der Waals surface area contributed by atoms with Gasteiger partial charge in [-0.15, -0.1) is 0 Å². The smallest absolute Gasteiger partial charge is 0.224 e. The Morgan fingerprint density at radius 2 is 1.72 bits per heavy atom. The number of carbonyl (C=O) groups is 2. The van der Waals surface area contributed by atoms with Gasteiger partial charge in [0.15, 0.2) is 0 Å². The molecule has 162 valence electrons. The standard InChI is InChI=1S/C20H30FN3O4S/c1-2-3-14-29(27,28)24-12-8-17(9-13-24)20(26)23-11-10-22-19(25)15-16-4-6-18(21)7-5-16/h4-7,17H,2-3,8-15H2,1H3,(H,22,25)(H,23,26). The van der Waals surface area contributed by atoms with E-state index in [9.17, 15) is 22.4 Å². The van der Waals surface area contributed by atoms with E-state index in [-0.39, 0.29) is 35.7 Å². The Bertz CT molecular complexity index is 775. The molecule has 9 heteroatoms. The molecule has 0 atom stereocenters. The summed E-state index contributed by atoms with van der Waals surface area (Å²) in [6, 6.07) is 5.74. The molecule has 1 aromatic rings. The quantitative estimate of drug-likeness (QED) is 0.553. The second-order valence-corrected chi connectivity index (χ2v) is 9.38. The van der Waals surface area contributed by atoms with Crippen molar-refractivity contribution in [3.63, 3.8) is 0 Å². The van der Waals surface area contributed by atoms with Crippen LogP contribution in [0.1, 0.15) is 38.2 Å². The molecule has 1 fully saturated rings. The zero-order valence-corrected chi connectivity index (χ0v) is 17.6. The number of hydrogen-bond acceptors (Lipinski definition) is 4. The van der Waals surface area contributed by atoms with Gasteiger partial charge >= 0.3 is 0 Å². The van der Waals surface area contributed by atoms with Gasteiger partial charge in [0.1, 0.15) is 5.82 Å². The topological polar surface area (TPSA) is 95.6 Å². The van der Waals surface area contributed by atoms with Crippen LogP contribution in [0.4, 0.5) is 4.39 Å². The lowest BCUT2D eigenvalue weighted by Gasteiger charge is -2.30. The zero-order chi connectivity index (χ0) is 21.3. The van der Waals surface area contributed by atoms with E-state index in [4.69, 9.17) is 0 Å². The van der Waals surface area contributed by atoms with Crippen LogP contribution in [0.25, 0.3) is 0 Å². The summed E-state index contributed by atoms with van der Waals surface area (Å²) in [6.45, 7) is 3.31. The minimum Gasteiger partial charge on any atom is -0.354 e. The summed E-state index contributed by atoms with van der Waals surface area (Å²) < 4.78 is 38.8. The number of benzene rings is 1. The minimum atomic E-state index is -3.22. The number of hydrogen-bond donors (Lipinski definition) is 2. The van der Waals surface area contributed by atoms with Crippen LogP contribution in [0.3, 0.4) is 0 Å². The Labute approximate surface area is 172 Å². The summed E-state index contributed by atoms with van der Waals surface area (Å²) in [7, 11) is -3.22. The monoisotopic (exact) mass is 427 g/mol. The highest BCUT2D eigenvalue weighted by Crippen LogP contribution is 2.20. The molecule has 2 rings (SSSR count). The summed E-state index contributed by atoms with van der Waals surface area (Å²) in [6.07, 6.45) is 2.65. The van der Waals surface area contributed by atoms with Gasteiger partial charge in [-0.05, 0) is 37.0 Å². The van der Waals surface area contributed by atoms with Gasteiger partial charge in [0.25, 0.3) is 0 Å². The van der Waals surface area contributed by atoms with Crippen LogP contribution in [-0.4, -0.2) is 56.5 Å². The lowest BCUT2D eigenvalue weighted by atomic mass is 9.97. The maximum atomic E-state index is 12.9. The number of carbonyl (C=O) groups excluding carboxylic acids is 2. The Balaban J connectivity index is 1.63. The van der Waals surface area contributed by atoms with Crippen LogP contribution < -0.4 is 10.6 Å². The normalized spacial score (nSPS) is 15.8. The second kappa shape index (κ2) is 11.3. The first-order valence-electron chi connectivity index (χ1n) is 10.1. The summed E-state index contributed by atoms with van der Waals surface area (Å²) in [4.78, 5) is 24.1. The van der Waals surface area contributed by atoms with Crippen molar-refractivity contribution < 1.29 is 22.4 Å². The van der Waals surface area contributed by atoms with Gasteiger partial charge in [0.05, 0.1) is 12.2 Å². The highest BCUT2D eigenvalue weighted by Gasteiger charge is 2.30. The van der Waals surface area contributed by atoms with Crippen molar-refractivity contribution in [2.24, 2.45) is 5.92 Å². The highest BCUT2D eigenvalue weighted by molar-refractivity contribution is 7.89. The second-order valence-electron chi connectivity index (χ2n) is 7.29. The maximum Gasteiger partial charge on any atom is 0.224 e. The van der Waals surface area contributed by atoms with E-state index in [2.05, 4.69) is 10.6 Å². The largest absolute Gasteiger partial charge is 0.354 e. The SMILES string of the molecule is CCCCS(=O)(=O)N1CCC(C(=O)NCCNC(=O)Cc2ccc(F)cc2)CC1. The summed E-state index contributed by atoms with van der Waals surface area (Å²) in [5, 5.41) is 5.51. The van der Waals surface area contributed by atoms with E-state index in [1.807, 2.05) is 6.92 Å². The fraction of sp³-hybridized carbons (Fsp3) is 0.600. The zero-order valence-electron chi connectivity index (χ0n) is 16.8. The first kappa shape index (κ1) is 23.3. The molecule has 1 saturated heterocycles. The van der Waals surface area contributed by atoms with Crippen LogP contribution in [0.5, 0.6) is 0 Å². The van der Waals surface area contributed by atoms with E-state index < -0.39 is 10.0 Å². The molecule has 1 aliphatic rings. The third kappa shape index (κ3) is 7.74. The Kier molecular flexibility index (Phi) is 9.03. The summed E-state index contributed by atoms with van der Waals surface area (Å²) >= 11 is 0. The number of sulfonamides is 1. The molecule has 0 saturated carbocycles. The molecule has 0 spiro atoms. The Hall–Kier alpha value is -2.00. The number of rotatable bonds is 10. The van der Waals surface area contributed by atoms with E-state index in [1.165, 1.54) is 16.4 Å². The van der Waals surface area contributed by atoms with Crippen LogP contribution >= 0.6 is 0 Å². The summed E-state index contributed by atoms with van der Waals surface area (Å²) in [5.41, 5.74) is 0.716. The summed E-state index contributed by atoms with van der Waals surface area (Å²) in [5.74, 6) is -0.693. The fourth-order valence-corrected chi connectivity index (χ4v) is 4.91. The number of unbranched alkanes of at least 4 members (excludes halogenated alkanes) is 1. The molecular formula is C20H30FN3O4S. The van der Waals surface area contributed by atoms with Gasteiger partial charge in [-0.25, -0.2) is 17.1 Å². The van der Waals surface area contributed by atoms with E-state index in [1.54, 1.807) is 12.1 Å². The predicted octanol–water partition coefficient (Wildman–Crippen LogP) is 1.44. The van der Waals surface area contributed by atoms with Crippen LogP contribution in [-0.2, 0) is 26.0 Å².